The summed E-state index contributed by atoms with van der Waals surface area (Å²) in [5.41, 5.74) is 0.291. The molecule has 0 aromatic heterocycles. The van der Waals surface area contributed by atoms with Crippen molar-refractivity contribution >= 4 is 23.2 Å². The molecule has 166 valence electrons. The maximum Gasteiger partial charge on any atom is 0.401 e. The van der Waals surface area contributed by atoms with Gasteiger partial charge in [-0.3, -0.25) is 14.5 Å². The number of benzene rings is 1. The average Bonchev–Trinajstić information content (AvgIpc) is 2.70. The van der Waals surface area contributed by atoms with Crippen LogP contribution in [0.3, 0.4) is 0 Å². The van der Waals surface area contributed by atoms with Gasteiger partial charge in [-0.15, -0.1) is 0 Å². The van der Waals surface area contributed by atoms with Crippen molar-refractivity contribution in [3.05, 3.63) is 24.0 Å². The number of anilines is 2. The third-order valence-electron chi connectivity index (χ3n) is 5.75. The summed E-state index contributed by atoms with van der Waals surface area (Å²) in [5, 5.41) is 5.26. The van der Waals surface area contributed by atoms with Gasteiger partial charge in [0.2, 0.25) is 11.8 Å². The summed E-state index contributed by atoms with van der Waals surface area (Å²) >= 11 is 0. The van der Waals surface area contributed by atoms with Gasteiger partial charge in [0.15, 0.2) is 0 Å². The van der Waals surface area contributed by atoms with Crippen LogP contribution in [0, 0.1) is 17.7 Å². The fourth-order valence-corrected chi connectivity index (χ4v) is 4.21. The van der Waals surface area contributed by atoms with Crippen LogP contribution in [0.15, 0.2) is 18.2 Å². The summed E-state index contributed by atoms with van der Waals surface area (Å²) in [5.74, 6) is -1.96. The molecule has 3 rings (SSSR count). The smallest absolute Gasteiger partial charge is 0.326 e. The van der Waals surface area contributed by atoms with Gasteiger partial charge in [-0.05, 0) is 50.4 Å². The van der Waals surface area contributed by atoms with Crippen molar-refractivity contribution in [2.24, 2.45) is 11.8 Å². The summed E-state index contributed by atoms with van der Waals surface area (Å²) in [4.78, 5) is 26.2. The highest BCUT2D eigenvalue weighted by molar-refractivity contribution is 5.96. The highest BCUT2D eigenvalue weighted by atomic mass is 19.4. The number of carbonyl (C=O) groups excluding carboxylic acids is 2. The Bertz CT molecular complexity index is 763. The minimum absolute atomic E-state index is 0.00860. The maximum absolute atomic E-state index is 14.2. The molecule has 0 bridgehead atoms. The van der Waals surface area contributed by atoms with Crippen molar-refractivity contribution in [2.45, 2.75) is 51.1 Å². The highest BCUT2D eigenvalue weighted by Crippen LogP contribution is 2.27. The average molecular weight is 429 g/mol. The Morgan fingerprint density at radius 3 is 2.33 bits per heavy atom. The Hall–Kier alpha value is -2.16. The minimum atomic E-state index is -4.30. The van der Waals surface area contributed by atoms with E-state index in [9.17, 15) is 27.2 Å². The molecule has 1 unspecified atom stereocenters. The number of carbonyl (C=O) groups is 2. The SMILES string of the molecule is O=C(Nc1ccc(F)c(NC(=O)C2CCCCC2)c1)C1CCCN(CC(F)(F)F)C1. The van der Waals surface area contributed by atoms with Crippen molar-refractivity contribution < 1.29 is 27.2 Å². The molecule has 1 atom stereocenters. The van der Waals surface area contributed by atoms with Gasteiger partial charge >= 0.3 is 6.18 Å². The van der Waals surface area contributed by atoms with E-state index in [2.05, 4.69) is 10.6 Å². The van der Waals surface area contributed by atoms with Crippen LogP contribution in [0.25, 0.3) is 0 Å². The topological polar surface area (TPSA) is 61.4 Å². The molecule has 9 heteroatoms. The van der Waals surface area contributed by atoms with Gasteiger partial charge in [-0.25, -0.2) is 4.39 Å². The van der Waals surface area contributed by atoms with Gasteiger partial charge in [0.1, 0.15) is 5.82 Å². The lowest BCUT2D eigenvalue weighted by molar-refractivity contribution is -0.151. The Kier molecular flexibility index (Phi) is 7.33. The van der Waals surface area contributed by atoms with Gasteiger partial charge in [-0.1, -0.05) is 19.3 Å². The fraction of sp³-hybridized carbons (Fsp3) is 0.619. The third kappa shape index (κ3) is 6.42. The molecule has 1 heterocycles. The predicted molar refractivity (Wildman–Crippen MR) is 105 cm³/mol. The van der Waals surface area contributed by atoms with E-state index < -0.39 is 30.4 Å². The third-order valence-corrected chi connectivity index (χ3v) is 5.75. The van der Waals surface area contributed by atoms with Crippen molar-refractivity contribution in [1.29, 1.82) is 0 Å². The number of hydrogen-bond donors (Lipinski definition) is 2. The number of alkyl halides is 3. The number of nitrogens with one attached hydrogen (secondary N) is 2. The number of piperidine rings is 1. The molecular weight excluding hydrogens is 402 g/mol. The van der Waals surface area contributed by atoms with E-state index >= 15 is 0 Å². The molecule has 1 aromatic rings. The summed E-state index contributed by atoms with van der Waals surface area (Å²) < 4.78 is 52.0. The first-order chi connectivity index (χ1) is 14.2. The van der Waals surface area contributed by atoms with Crippen LogP contribution in [-0.4, -0.2) is 42.5 Å². The van der Waals surface area contributed by atoms with E-state index in [1.54, 1.807) is 0 Å². The Morgan fingerprint density at radius 1 is 0.967 bits per heavy atom. The van der Waals surface area contributed by atoms with Crippen molar-refractivity contribution in [1.82, 2.24) is 4.90 Å². The second-order valence-electron chi connectivity index (χ2n) is 8.20. The molecular formula is C21H27F4N3O2. The monoisotopic (exact) mass is 429 g/mol. The van der Waals surface area contributed by atoms with Crippen LogP contribution in [0.2, 0.25) is 0 Å². The standard InChI is InChI=1S/C21H27F4N3O2/c22-17-9-8-16(11-18(17)27-19(29)14-5-2-1-3-6-14)26-20(30)15-7-4-10-28(12-15)13-21(23,24)25/h8-9,11,14-15H,1-7,10,12-13H2,(H,26,30)(H,27,29). The molecule has 5 nitrogen and oxygen atoms in total. The summed E-state index contributed by atoms with van der Waals surface area (Å²) in [6.07, 6.45) is 1.29. The number of halogens is 4. The van der Waals surface area contributed by atoms with Crippen LogP contribution in [0.5, 0.6) is 0 Å². The molecule has 1 aliphatic carbocycles. The Morgan fingerprint density at radius 2 is 1.63 bits per heavy atom. The predicted octanol–water partition coefficient (Wildman–Crippen LogP) is 4.56. The number of likely N-dealkylation sites (tertiary alicyclic amines) is 1. The molecule has 0 radical (unpaired) electrons. The normalized spacial score (nSPS) is 21.3. The summed E-state index contributed by atoms with van der Waals surface area (Å²) in [7, 11) is 0. The van der Waals surface area contributed by atoms with Crippen LogP contribution in [0.4, 0.5) is 28.9 Å². The summed E-state index contributed by atoms with van der Waals surface area (Å²) in [6, 6.07) is 3.88. The van der Waals surface area contributed by atoms with Crippen molar-refractivity contribution in [3.8, 4) is 0 Å². The van der Waals surface area contributed by atoms with Crippen LogP contribution < -0.4 is 10.6 Å². The molecule has 1 aromatic carbocycles. The van der Waals surface area contributed by atoms with E-state index in [4.69, 9.17) is 0 Å². The lowest BCUT2D eigenvalue weighted by Gasteiger charge is -2.32. The number of hydrogen-bond acceptors (Lipinski definition) is 3. The van der Waals surface area contributed by atoms with Crippen molar-refractivity contribution in [2.75, 3.05) is 30.3 Å². The van der Waals surface area contributed by atoms with Gasteiger partial charge < -0.3 is 10.6 Å². The van der Waals surface area contributed by atoms with E-state index in [1.807, 2.05) is 0 Å². The molecule has 1 saturated carbocycles. The van der Waals surface area contributed by atoms with E-state index in [0.717, 1.165) is 38.2 Å². The number of nitrogens with zero attached hydrogens (tertiary/aromatic N) is 1. The van der Waals surface area contributed by atoms with Crippen LogP contribution in [-0.2, 0) is 9.59 Å². The molecule has 0 spiro atoms. The van der Waals surface area contributed by atoms with Gasteiger partial charge in [-0.2, -0.15) is 13.2 Å². The zero-order chi connectivity index (χ0) is 21.7. The lowest BCUT2D eigenvalue weighted by atomic mass is 9.88. The minimum Gasteiger partial charge on any atom is -0.326 e. The Balaban J connectivity index is 1.60. The van der Waals surface area contributed by atoms with E-state index in [0.29, 0.717) is 25.1 Å². The summed E-state index contributed by atoms with van der Waals surface area (Å²) in [6.45, 7) is -0.709. The molecule has 1 aliphatic heterocycles. The molecule has 1 saturated heterocycles. The van der Waals surface area contributed by atoms with Gasteiger partial charge in [0.25, 0.3) is 0 Å². The molecule has 2 N–H and O–H groups in total. The molecule has 2 aliphatic rings. The second kappa shape index (κ2) is 9.76. The fourth-order valence-electron chi connectivity index (χ4n) is 4.21. The molecule has 2 fully saturated rings. The van der Waals surface area contributed by atoms with Crippen LogP contribution in [0.1, 0.15) is 44.9 Å². The number of rotatable bonds is 5. The van der Waals surface area contributed by atoms with Gasteiger partial charge in [0, 0.05) is 18.2 Å². The first-order valence-electron chi connectivity index (χ1n) is 10.4. The lowest BCUT2D eigenvalue weighted by Crippen LogP contribution is -2.44. The van der Waals surface area contributed by atoms with E-state index in [1.165, 1.54) is 17.0 Å². The largest absolute Gasteiger partial charge is 0.401 e. The molecule has 2 amide bonds. The first kappa shape index (κ1) is 22.5. The quantitative estimate of drug-likeness (QED) is 0.675. The zero-order valence-corrected chi connectivity index (χ0v) is 16.7. The Labute approximate surface area is 173 Å². The van der Waals surface area contributed by atoms with Crippen molar-refractivity contribution in [3.63, 3.8) is 0 Å². The second-order valence-corrected chi connectivity index (χ2v) is 8.20. The number of amides is 2. The maximum atomic E-state index is 14.2. The highest BCUT2D eigenvalue weighted by Gasteiger charge is 2.34. The zero-order valence-electron chi connectivity index (χ0n) is 16.7. The van der Waals surface area contributed by atoms with E-state index in [-0.39, 0.29) is 24.1 Å². The van der Waals surface area contributed by atoms with Crippen LogP contribution >= 0.6 is 0 Å². The first-order valence-corrected chi connectivity index (χ1v) is 10.4. The molecule has 30 heavy (non-hydrogen) atoms. The van der Waals surface area contributed by atoms with Gasteiger partial charge in [0.05, 0.1) is 18.2 Å².